The predicted molar refractivity (Wildman–Crippen MR) is 127 cm³/mol. The van der Waals surface area contributed by atoms with Crippen LogP contribution in [-0.4, -0.2) is 16.2 Å². The van der Waals surface area contributed by atoms with E-state index in [-0.39, 0.29) is 0 Å². The number of aromatic nitrogens is 2. The van der Waals surface area contributed by atoms with Crippen LogP contribution < -0.4 is 10.2 Å². The van der Waals surface area contributed by atoms with Crippen molar-refractivity contribution in [3.05, 3.63) is 101 Å². The smallest absolute Gasteiger partial charge is 0.222 e. The molecule has 0 amide bonds. The topological polar surface area (TPSA) is 62.3 Å². The molecule has 0 aliphatic carbocycles. The Kier molecular flexibility index (Phi) is 5.25. The van der Waals surface area contributed by atoms with Crippen molar-refractivity contribution in [2.24, 2.45) is 5.10 Å². The van der Waals surface area contributed by atoms with E-state index in [2.05, 4.69) is 38.7 Å². The SMILES string of the molecule is Clc1ccc(COc2ccc3ccccc3c2/C=N\Nc2nc3ccccc3[nH]2)cc1. The molecule has 6 heteroatoms. The minimum atomic E-state index is 0.438. The molecule has 0 saturated heterocycles. The highest BCUT2D eigenvalue weighted by Gasteiger charge is 2.08. The van der Waals surface area contributed by atoms with E-state index in [1.54, 1.807) is 6.21 Å². The van der Waals surface area contributed by atoms with Gasteiger partial charge in [0.25, 0.3) is 0 Å². The monoisotopic (exact) mass is 426 g/mol. The Hall–Kier alpha value is -3.83. The van der Waals surface area contributed by atoms with Crippen LogP contribution in [0.5, 0.6) is 5.75 Å². The highest BCUT2D eigenvalue weighted by Crippen LogP contribution is 2.27. The molecule has 4 aromatic carbocycles. The number of hydrogen-bond acceptors (Lipinski definition) is 4. The Morgan fingerprint density at radius 2 is 1.74 bits per heavy atom. The second-order valence-electron chi connectivity index (χ2n) is 7.09. The van der Waals surface area contributed by atoms with E-state index >= 15 is 0 Å². The number of nitrogens with zero attached hydrogens (tertiary/aromatic N) is 2. The number of nitrogens with one attached hydrogen (secondary N) is 2. The Morgan fingerprint density at radius 3 is 2.61 bits per heavy atom. The number of hydrazone groups is 1. The molecule has 0 bridgehead atoms. The van der Waals surface area contributed by atoms with Gasteiger partial charge >= 0.3 is 0 Å². The van der Waals surface area contributed by atoms with Gasteiger partial charge in [0, 0.05) is 10.6 Å². The van der Waals surface area contributed by atoms with Crippen LogP contribution in [0.3, 0.4) is 0 Å². The fraction of sp³-hybridized carbons (Fsp3) is 0.0400. The second-order valence-corrected chi connectivity index (χ2v) is 7.52. The molecular weight excluding hydrogens is 408 g/mol. The summed E-state index contributed by atoms with van der Waals surface area (Å²) >= 11 is 5.98. The first-order valence-electron chi connectivity index (χ1n) is 9.89. The maximum Gasteiger partial charge on any atom is 0.222 e. The number of H-pyrrole nitrogens is 1. The van der Waals surface area contributed by atoms with Gasteiger partial charge in [0.1, 0.15) is 12.4 Å². The highest BCUT2D eigenvalue weighted by atomic mass is 35.5. The van der Waals surface area contributed by atoms with Gasteiger partial charge in [0.2, 0.25) is 5.95 Å². The lowest BCUT2D eigenvalue weighted by atomic mass is 10.0. The van der Waals surface area contributed by atoms with Crippen molar-refractivity contribution < 1.29 is 4.74 Å². The Balaban J connectivity index is 1.42. The number of aromatic amines is 1. The summed E-state index contributed by atoms with van der Waals surface area (Å²) in [7, 11) is 0. The van der Waals surface area contributed by atoms with Crippen molar-refractivity contribution in [2.45, 2.75) is 6.61 Å². The van der Waals surface area contributed by atoms with Gasteiger partial charge in [0.15, 0.2) is 0 Å². The minimum Gasteiger partial charge on any atom is -0.488 e. The van der Waals surface area contributed by atoms with Crippen molar-refractivity contribution in [1.29, 1.82) is 0 Å². The number of imidazole rings is 1. The molecule has 0 spiro atoms. The average molecular weight is 427 g/mol. The zero-order chi connectivity index (χ0) is 21.0. The summed E-state index contributed by atoms with van der Waals surface area (Å²) in [6.45, 7) is 0.438. The predicted octanol–water partition coefficient (Wildman–Crippen LogP) is 6.39. The van der Waals surface area contributed by atoms with Gasteiger partial charge in [-0.1, -0.05) is 66.2 Å². The van der Waals surface area contributed by atoms with Crippen molar-refractivity contribution in [2.75, 3.05) is 5.43 Å². The van der Waals surface area contributed by atoms with Crippen LogP contribution in [0.4, 0.5) is 5.95 Å². The summed E-state index contributed by atoms with van der Waals surface area (Å²) in [6, 6.07) is 27.7. The quantitative estimate of drug-likeness (QED) is 0.244. The van der Waals surface area contributed by atoms with Gasteiger partial charge in [-0.3, -0.25) is 0 Å². The molecule has 0 unspecified atom stereocenters. The third-order valence-corrected chi connectivity index (χ3v) is 5.24. The van der Waals surface area contributed by atoms with Crippen molar-refractivity contribution in [3.8, 4) is 5.75 Å². The van der Waals surface area contributed by atoms with E-state index in [0.29, 0.717) is 17.6 Å². The van der Waals surface area contributed by atoms with Gasteiger partial charge in [-0.2, -0.15) is 5.10 Å². The number of ether oxygens (including phenoxy) is 1. The van der Waals surface area contributed by atoms with Crippen LogP contribution in [0.1, 0.15) is 11.1 Å². The molecule has 0 radical (unpaired) electrons. The molecular formula is C25H19ClN4O. The molecule has 0 saturated carbocycles. The van der Waals surface area contributed by atoms with Crippen LogP contribution in [0, 0.1) is 0 Å². The summed E-state index contributed by atoms with van der Waals surface area (Å²) in [5, 5.41) is 7.30. The van der Waals surface area contributed by atoms with E-state index in [4.69, 9.17) is 16.3 Å². The lowest BCUT2D eigenvalue weighted by molar-refractivity contribution is 0.306. The van der Waals surface area contributed by atoms with E-state index in [9.17, 15) is 0 Å². The third-order valence-electron chi connectivity index (χ3n) is 4.99. The van der Waals surface area contributed by atoms with Crippen molar-refractivity contribution >= 4 is 45.6 Å². The summed E-state index contributed by atoms with van der Waals surface area (Å²) in [4.78, 5) is 7.70. The summed E-state index contributed by atoms with van der Waals surface area (Å²) in [5.74, 6) is 1.34. The number of halogens is 1. The van der Waals surface area contributed by atoms with Crippen LogP contribution in [0.15, 0.2) is 90.0 Å². The maximum atomic E-state index is 6.14. The number of benzene rings is 4. The minimum absolute atomic E-state index is 0.438. The Morgan fingerprint density at radius 1 is 0.935 bits per heavy atom. The molecule has 2 N–H and O–H groups in total. The normalized spacial score (nSPS) is 11.4. The standard InChI is InChI=1S/C25H19ClN4O/c26-19-12-9-17(10-13-19)16-31-24-14-11-18-5-1-2-6-20(18)21(24)15-27-30-25-28-22-7-3-4-8-23(22)29-25/h1-15H,16H2,(H2,28,29,30)/b27-15-. The van der Waals surface area contributed by atoms with Crippen LogP contribution >= 0.6 is 11.6 Å². The number of fused-ring (bicyclic) bond motifs is 2. The van der Waals surface area contributed by atoms with Gasteiger partial charge in [-0.05, 0) is 46.7 Å². The van der Waals surface area contributed by atoms with E-state index in [1.807, 2.05) is 66.7 Å². The molecule has 5 rings (SSSR count). The first-order chi connectivity index (χ1) is 15.3. The maximum absolute atomic E-state index is 6.14. The first-order valence-corrected chi connectivity index (χ1v) is 10.3. The van der Waals surface area contributed by atoms with Crippen molar-refractivity contribution in [1.82, 2.24) is 9.97 Å². The number of anilines is 1. The molecule has 1 heterocycles. The summed E-state index contributed by atoms with van der Waals surface area (Å²) < 4.78 is 6.14. The largest absolute Gasteiger partial charge is 0.488 e. The van der Waals surface area contributed by atoms with Gasteiger partial charge in [-0.15, -0.1) is 0 Å². The van der Waals surface area contributed by atoms with E-state index in [0.717, 1.165) is 38.7 Å². The summed E-state index contributed by atoms with van der Waals surface area (Å²) in [5.41, 5.74) is 6.77. The molecule has 0 aliphatic heterocycles. The van der Waals surface area contributed by atoms with Crippen LogP contribution in [0.25, 0.3) is 21.8 Å². The average Bonchev–Trinajstić information content (AvgIpc) is 3.22. The molecule has 5 nitrogen and oxygen atoms in total. The lowest BCUT2D eigenvalue weighted by Crippen LogP contribution is -2.00. The molecule has 1 aromatic heterocycles. The molecule has 31 heavy (non-hydrogen) atoms. The van der Waals surface area contributed by atoms with Gasteiger partial charge < -0.3 is 9.72 Å². The molecule has 0 fully saturated rings. The first kappa shape index (κ1) is 19.2. The second kappa shape index (κ2) is 8.50. The molecule has 152 valence electrons. The van der Waals surface area contributed by atoms with Gasteiger partial charge in [-0.25, -0.2) is 10.4 Å². The highest BCUT2D eigenvalue weighted by molar-refractivity contribution is 6.30. The Bertz CT molecular complexity index is 1340. The van der Waals surface area contributed by atoms with E-state index < -0.39 is 0 Å². The zero-order valence-electron chi connectivity index (χ0n) is 16.5. The van der Waals surface area contributed by atoms with E-state index in [1.165, 1.54) is 0 Å². The lowest BCUT2D eigenvalue weighted by Gasteiger charge is -2.12. The van der Waals surface area contributed by atoms with Crippen LogP contribution in [0.2, 0.25) is 5.02 Å². The number of rotatable bonds is 6. The zero-order valence-corrected chi connectivity index (χ0v) is 17.3. The van der Waals surface area contributed by atoms with Crippen molar-refractivity contribution in [3.63, 3.8) is 0 Å². The Labute approximate surface area is 184 Å². The van der Waals surface area contributed by atoms with Gasteiger partial charge in [0.05, 0.1) is 17.2 Å². The number of para-hydroxylation sites is 2. The number of hydrogen-bond donors (Lipinski definition) is 2. The third kappa shape index (κ3) is 4.22. The molecule has 0 aliphatic rings. The molecule has 0 atom stereocenters. The fourth-order valence-corrected chi connectivity index (χ4v) is 3.57. The molecule has 5 aromatic rings. The summed E-state index contributed by atoms with van der Waals surface area (Å²) in [6.07, 6.45) is 1.77. The van der Waals surface area contributed by atoms with Crippen LogP contribution in [-0.2, 0) is 6.61 Å². The fourth-order valence-electron chi connectivity index (χ4n) is 3.44.